The summed E-state index contributed by atoms with van der Waals surface area (Å²) in [6.07, 6.45) is -0.0910. The molecule has 1 aliphatic rings. The number of alkyl halides is 1. The molecule has 0 aliphatic carbocycles. The molecule has 3 aromatic carbocycles. The largest absolute Gasteiger partial charge is 0.497 e. The van der Waals surface area contributed by atoms with Crippen LogP contribution in [0.3, 0.4) is 0 Å². The molecule has 4 atom stereocenters. The maximum Gasteiger partial charge on any atom is 0.330 e. The number of methoxy groups -OCH3 is 1. The van der Waals surface area contributed by atoms with Gasteiger partial charge in [-0.15, -0.1) is 0 Å². The summed E-state index contributed by atoms with van der Waals surface area (Å²) in [5.74, 6) is 0.654. The van der Waals surface area contributed by atoms with Gasteiger partial charge in [-0.3, -0.25) is 14.3 Å². The van der Waals surface area contributed by atoms with Gasteiger partial charge < -0.3 is 18.6 Å². The molecule has 2 heterocycles. The highest BCUT2D eigenvalue weighted by atomic mass is 127. The molecule has 1 N–H and O–H groups in total. The first kappa shape index (κ1) is 34.3. The molecule has 0 spiro atoms. The van der Waals surface area contributed by atoms with Gasteiger partial charge in [0.2, 0.25) is 0 Å². The zero-order chi connectivity index (χ0) is 33.1. The summed E-state index contributed by atoms with van der Waals surface area (Å²) in [5.41, 5.74) is 0.919. The van der Waals surface area contributed by atoms with Crippen molar-refractivity contribution < 1.29 is 18.6 Å². The minimum absolute atomic E-state index is 0.0674. The second-order valence-electron chi connectivity index (χ2n) is 13.2. The summed E-state index contributed by atoms with van der Waals surface area (Å²) in [5, 5.41) is -0.0674. The molecule has 5 rings (SSSR count). The van der Waals surface area contributed by atoms with E-state index < -0.39 is 43.6 Å². The third-order valence-corrected chi connectivity index (χ3v) is 14.8. The minimum Gasteiger partial charge on any atom is -0.497 e. The summed E-state index contributed by atoms with van der Waals surface area (Å²) in [6, 6.07) is 29.7. The molecule has 46 heavy (non-hydrogen) atoms. The first-order valence-electron chi connectivity index (χ1n) is 15.5. The predicted octanol–water partition coefficient (Wildman–Crippen LogP) is 6.89. The summed E-state index contributed by atoms with van der Waals surface area (Å²) >= 11 is 2.38. The van der Waals surface area contributed by atoms with Crippen LogP contribution >= 0.6 is 22.6 Å². The third kappa shape index (κ3) is 6.82. The zero-order valence-corrected chi connectivity index (χ0v) is 30.4. The fourth-order valence-electron chi connectivity index (χ4n) is 5.77. The van der Waals surface area contributed by atoms with Crippen molar-refractivity contribution in [1.29, 1.82) is 0 Å². The minimum atomic E-state index is -2.31. The Labute approximate surface area is 285 Å². The van der Waals surface area contributed by atoms with Crippen molar-refractivity contribution >= 4 is 30.9 Å². The van der Waals surface area contributed by atoms with Crippen molar-refractivity contribution in [1.82, 2.24) is 9.55 Å². The average molecular weight is 755 g/mol. The first-order valence-corrected chi connectivity index (χ1v) is 19.9. The Bertz CT molecular complexity index is 1660. The van der Waals surface area contributed by atoms with E-state index in [9.17, 15) is 9.59 Å². The van der Waals surface area contributed by atoms with Crippen LogP contribution in [0.4, 0.5) is 0 Å². The van der Waals surface area contributed by atoms with Crippen molar-refractivity contribution in [3.8, 4) is 5.75 Å². The standard InChI is InChI=1S/C36H43IN2O6Si/c1-35(2,3)46(5,6)45-32-29(23-37)30(44-33(32)39-22-21-31(40)38-34(39)41)24-43-36(25-13-9-7-10-14-25,26-15-11-8-12-16-26)27-17-19-28(42-4)20-18-27/h7-22,29-30,32-33H,23-24H2,1-6H3,(H,38,40,41)/t29-,30-,32-,33-/m1/s1. The Morgan fingerprint density at radius 1 is 0.870 bits per heavy atom. The number of aromatic amines is 1. The SMILES string of the molecule is COc1ccc(C(OC[C@H]2O[C@@H](n3ccc(=O)[nH]c3=O)[C@H](O[Si](C)(C)C(C)(C)C)[C@@H]2CI)(c2ccccc2)c2ccccc2)cc1. The lowest BCUT2D eigenvalue weighted by Crippen LogP contribution is -2.48. The molecule has 0 saturated carbocycles. The quantitative estimate of drug-likeness (QED) is 0.0777. The number of hydrogen-bond acceptors (Lipinski definition) is 6. The molecule has 10 heteroatoms. The van der Waals surface area contributed by atoms with Crippen LogP contribution in [-0.2, 0) is 19.5 Å². The summed E-state index contributed by atoms with van der Waals surface area (Å²) in [7, 11) is -0.657. The lowest BCUT2D eigenvalue weighted by atomic mass is 9.80. The molecular weight excluding hydrogens is 711 g/mol. The van der Waals surface area contributed by atoms with Crippen LogP contribution in [0.5, 0.6) is 5.75 Å². The van der Waals surface area contributed by atoms with E-state index in [1.54, 1.807) is 7.11 Å². The molecule has 0 amide bonds. The van der Waals surface area contributed by atoms with Crippen molar-refractivity contribution in [2.75, 3.05) is 18.1 Å². The second kappa shape index (κ2) is 14.0. The van der Waals surface area contributed by atoms with E-state index in [2.05, 4.69) is 85.7 Å². The van der Waals surface area contributed by atoms with Gasteiger partial charge in [0.25, 0.3) is 5.56 Å². The maximum absolute atomic E-state index is 13.1. The average Bonchev–Trinajstić information content (AvgIpc) is 3.38. The molecule has 4 aromatic rings. The van der Waals surface area contributed by atoms with Crippen LogP contribution < -0.4 is 16.0 Å². The van der Waals surface area contributed by atoms with Crippen LogP contribution in [0.25, 0.3) is 0 Å². The van der Waals surface area contributed by atoms with Gasteiger partial charge in [0.15, 0.2) is 14.5 Å². The van der Waals surface area contributed by atoms with Crippen LogP contribution in [0.1, 0.15) is 43.7 Å². The molecule has 8 nitrogen and oxygen atoms in total. The van der Waals surface area contributed by atoms with Gasteiger partial charge in [0, 0.05) is 22.6 Å². The number of hydrogen-bond donors (Lipinski definition) is 1. The van der Waals surface area contributed by atoms with E-state index in [4.69, 9.17) is 18.6 Å². The van der Waals surface area contributed by atoms with E-state index in [1.165, 1.54) is 16.8 Å². The lowest BCUT2D eigenvalue weighted by Gasteiger charge is -2.41. The normalized spacial score (nSPS) is 20.5. The molecule has 1 saturated heterocycles. The van der Waals surface area contributed by atoms with E-state index in [1.807, 2.05) is 60.7 Å². The number of rotatable bonds is 11. The fourth-order valence-corrected chi connectivity index (χ4v) is 8.17. The van der Waals surface area contributed by atoms with Gasteiger partial charge in [-0.2, -0.15) is 0 Å². The Kier molecular flexibility index (Phi) is 10.4. The predicted molar refractivity (Wildman–Crippen MR) is 191 cm³/mol. The van der Waals surface area contributed by atoms with Crippen molar-refractivity contribution in [2.24, 2.45) is 5.92 Å². The van der Waals surface area contributed by atoms with Crippen molar-refractivity contribution in [3.05, 3.63) is 135 Å². The second-order valence-corrected chi connectivity index (χ2v) is 18.8. The maximum atomic E-state index is 13.1. The van der Waals surface area contributed by atoms with Gasteiger partial charge in [-0.05, 0) is 47.0 Å². The Morgan fingerprint density at radius 3 is 1.93 bits per heavy atom. The molecule has 0 radical (unpaired) electrons. The number of benzene rings is 3. The number of H-pyrrole nitrogens is 1. The number of halogens is 1. The number of aromatic nitrogens is 2. The van der Waals surface area contributed by atoms with Crippen LogP contribution in [0, 0.1) is 5.92 Å². The Morgan fingerprint density at radius 2 is 1.43 bits per heavy atom. The van der Waals surface area contributed by atoms with Crippen LogP contribution in [0.15, 0.2) is 107 Å². The van der Waals surface area contributed by atoms with Crippen molar-refractivity contribution in [2.45, 2.75) is 62.9 Å². The van der Waals surface area contributed by atoms with E-state index in [0.717, 1.165) is 22.4 Å². The summed E-state index contributed by atoms with van der Waals surface area (Å²) in [6.45, 7) is 11.2. The summed E-state index contributed by atoms with van der Waals surface area (Å²) < 4.78 is 28.7. The van der Waals surface area contributed by atoms with Gasteiger partial charge in [0.1, 0.15) is 11.4 Å². The first-order chi connectivity index (χ1) is 21.9. The highest BCUT2D eigenvalue weighted by molar-refractivity contribution is 14.1. The number of nitrogens with zero attached hydrogens (tertiary/aromatic N) is 1. The third-order valence-electron chi connectivity index (χ3n) is 9.36. The fraction of sp³-hybridized carbons (Fsp3) is 0.389. The summed E-state index contributed by atoms with van der Waals surface area (Å²) in [4.78, 5) is 27.5. The topological polar surface area (TPSA) is 91.8 Å². The molecular formula is C36H43IN2O6Si. The smallest absolute Gasteiger partial charge is 0.330 e. The van der Waals surface area contributed by atoms with Crippen LogP contribution in [0.2, 0.25) is 18.1 Å². The zero-order valence-electron chi connectivity index (χ0n) is 27.2. The molecule has 0 unspecified atom stereocenters. The molecule has 1 fully saturated rings. The van der Waals surface area contributed by atoms with E-state index in [0.29, 0.717) is 4.43 Å². The number of ether oxygens (including phenoxy) is 3. The number of nitrogens with one attached hydrogen (secondary N) is 1. The Hall–Kier alpha value is -3.03. The lowest BCUT2D eigenvalue weighted by molar-refractivity contribution is -0.0890. The van der Waals surface area contributed by atoms with Gasteiger partial charge in [-0.25, -0.2) is 4.79 Å². The highest BCUT2D eigenvalue weighted by Gasteiger charge is 2.51. The highest BCUT2D eigenvalue weighted by Crippen LogP contribution is 2.46. The Balaban J connectivity index is 1.60. The van der Waals surface area contributed by atoms with E-state index >= 15 is 0 Å². The monoisotopic (exact) mass is 754 g/mol. The van der Waals surface area contributed by atoms with Gasteiger partial charge in [-0.1, -0.05) is 116 Å². The molecule has 244 valence electrons. The van der Waals surface area contributed by atoms with Gasteiger partial charge >= 0.3 is 5.69 Å². The molecule has 0 bridgehead atoms. The van der Waals surface area contributed by atoms with Gasteiger partial charge in [0.05, 0.1) is 25.9 Å². The van der Waals surface area contributed by atoms with Crippen LogP contribution in [-0.4, -0.2) is 48.2 Å². The van der Waals surface area contributed by atoms with Crippen molar-refractivity contribution in [3.63, 3.8) is 0 Å². The van der Waals surface area contributed by atoms with E-state index in [-0.39, 0.29) is 17.6 Å². The molecule has 1 aromatic heterocycles. The molecule has 1 aliphatic heterocycles.